The molecule has 2 aromatic heterocycles. The van der Waals surface area contributed by atoms with Crippen LogP contribution in [0.2, 0.25) is 0 Å². The van der Waals surface area contributed by atoms with Crippen LogP contribution in [0.4, 0.5) is 10.3 Å². The summed E-state index contributed by atoms with van der Waals surface area (Å²) >= 11 is 0. The summed E-state index contributed by atoms with van der Waals surface area (Å²) in [7, 11) is -4.24. The predicted molar refractivity (Wildman–Crippen MR) is 158 cm³/mol. The van der Waals surface area contributed by atoms with Crippen LogP contribution in [0, 0.1) is 13.8 Å². The quantitative estimate of drug-likeness (QED) is 0.202. The molecule has 4 rings (SSSR count). The fourth-order valence-corrected chi connectivity index (χ4v) is 6.16. The number of nitrogens with zero attached hydrogens (tertiary/aromatic N) is 3. The average molecular weight is 598 g/mol. The number of sulfonamides is 1. The molecule has 2 aromatic carbocycles. The van der Waals surface area contributed by atoms with Crippen molar-refractivity contribution in [3.63, 3.8) is 0 Å². The van der Waals surface area contributed by atoms with Crippen LogP contribution in [0.1, 0.15) is 70.1 Å². The Hall–Kier alpha value is -4.03. The second kappa shape index (κ2) is 13.3. The maximum Gasteiger partial charge on any atom is 0.267 e. The number of carbonyl (C=O) groups excluding carboxylic acids is 1. The molecule has 224 valence electrons. The molecule has 0 fully saturated rings. The minimum atomic E-state index is -4.24. The fraction of sp³-hybridized carbons (Fsp3) is 0.367. The standard InChI is InChI=1S/C30H36FN5O5S/c1-5-9-26-33-25(6-2)27(28(32)37)36(26)18-21-12-14-22(15-13-21)23-10-7-8-11-24(23)30(40-17-16-31)42(38,39)35-29-19(3)20(4)34-41-29/h7-8,10-15,30,35H,5-6,9,16-18H2,1-4H3,(H2,32,37). The van der Waals surface area contributed by atoms with Crippen LogP contribution in [-0.4, -0.2) is 42.3 Å². The molecule has 0 saturated carbocycles. The molecule has 0 aliphatic carbocycles. The van der Waals surface area contributed by atoms with Crippen molar-refractivity contribution in [2.75, 3.05) is 18.0 Å². The number of aromatic nitrogens is 3. The highest BCUT2D eigenvalue weighted by Gasteiger charge is 2.32. The molecular weight excluding hydrogens is 561 g/mol. The van der Waals surface area contributed by atoms with Gasteiger partial charge in [0.1, 0.15) is 18.2 Å². The first-order valence-corrected chi connectivity index (χ1v) is 15.3. The summed E-state index contributed by atoms with van der Waals surface area (Å²) < 4.78 is 55.2. The number of nitrogens with one attached hydrogen (secondary N) is 1. The highest BCUT2D eigenvalue weighted by Crippen LogP contribution is 2.35. The summed E-state index contributed by atoms with van der Waals surface area (Å²) in [5.41, 5.74) is 8.96. The smallest absolute Gasteiger partial charge is 0.267 e. The number of ether oxygens (including phenoxy) is 1. The highest BCUT2D eigenvalue weighted by molar-refractivity contribution is 7.92. The maximum atomic E-state index is 13.5. The predicted octanol–water partition coefficient (Wildman–Crippen LogP) is 5.24. The molecule has 4 aromatic rings. The Balaban J connectivity index is 1.69. The van der Waals surface area contributed by atoms with Crippen LogP contribution in [0.5, 0.6) is 0 Å². The van der Waals surface area contributed by atoms with Gasteiger partial charge in [-0.15, -0.1) is 0 Å². The Kier molecular flexibility index (Phi) is 9.79. The summed E-state index contributed by atoms with van der Waals surface area (Å²) in [4.78, 5) is 17.0. The van der Waals surface area contributed by atoms with Crippen molar-refractivity contribution in [1.82, 2.24) is 14.7 Å². The normalized spacial score (nSPS) is 12.4. The first kappa shape index (κ1) is 30.9. The minimum Gasteiger partial charge on any atom is -0.364 e. The summed E-state index contributed by atoms with van der Waals surface area (Å²) in [6.45, 7) is 6.50. The molecule has 0 aliphatic rings. The van der Waals surface area contributed by atoms with E-state index in [1.807, 2.05) is 35.8 Å². The average Bonchev–Trinajstić information content (AvgIpc) is 3.48. The number of nitrogens with two attached hydrogens (primary N) is 1. The molecule has 1 unspecified atom stereocenters. The van der Waals surface area contributed by atoms with E-state index >= 15 is 0 Å². The Labute approximate surface area is 245 Å². The largest absolute Gasteiger partial charge is 0.364 e. The van der Waals surface area contributed by atoms with Crippen molar-refractivity contribution in [2.24, 2.45) is 5.73 Å². The Morgan fingerprint density at radius 1 is 1.14 bits per heavy atom. The number of carbonyl (C=O) groups is 1. The van der Waals surface area contributed by atoms with E-state index in [-0.39, 0.29) is 5.88 Å². The molecule has 0 aliphatic heterocycles. The molecular formula is C30H36FN5O5S. The molecule has 0 radical (unpaired) electrons. The van der Waals surface area contributed by atoms with Gasteiger partial charge in [0.05, 0.1) is 18.0 Å². The monoisotopic (exact) mass is 597 g/mol. The van der Waals surface area contributed by atoms with Gasteiger partial charge in [0.15, 0.2) is 0 Å². The number of imidazole rings is 1. The van der Waals surface area contributed by atoms with Gasteiger partial charge in [0.25, 0.3) is 15.9 Å². The number of benzene rings is 2. The van der Waals surface area contributed by atoms with Crippen LogP contribution < -0.4 is 10.5 Å². The van der Waals surface area contributed by atoms with Crippen LogP contribution in [0.15, 0.2) is 53.1 Å². The Bertz CT molecular complexity index is 1650. The third-order valence-electron chi connectivity index (χ3n) is 7.00. The van der Waals surface area contributed by atoms with Gasteiger partial charge < -0.3 is 19.6 Å². The van der Waals surface area contributed by atoms with Crippen LogP contribution >= 0.6 is 0 Å². The molecule has 1 atom stereocenters. The highest BCUT2D eigenvalue weighted by atomic mass is 32.2. The van der Waals surface area contributed by atoms with E-state index in [2.05, 4.69) is 21.8 Å². The molecule has 12 heteroatoms. The zero-order valence-corrected chi connectivity index (χ0v) is 25.0. The lowest BCUT2D eigenvalue weighted by atomic mass is 9.99. The topological polar surface area (TPSA) is 142 Å². The van der Waals surface area contributed by atoms with Crippen molar-refractivity contribution < 1.29 is 26.9 Å². The van der Waals surface area contributed by atoms with E-state index in [0.717, 1.165) is 23.4 Å². The lowest BCUT2D eigenvalue weighted by Crippen LogP contribution is -2.25. The van der Waals surface area contributed by atoms with Crippen molar-refractivity contribution in [2.45, 2.75) is 58.9 Å². The first-order chi connectivity index (χ1) is 20.1. The van der Waals surface area contributed by atoms with Gasteiger partial charge in [-0.25, -0.2) is 22.5 Å². The maximum absolute atomic E-state index is 13.5. The van der Waals surface area contributed by atoms with Gasteiger partial charge in [-0.05, 0) is 43.4 Å². The molecule has 3 N–H and O–H groups in total. The molecule has 1 amide bonds. The van der Waals surface area contributed by atoms with E-state index < -0.39 is 34.6 Å². The molecule has 42 heavy (non-hydrogen) atoms. The molecule has 0 saturated heterocycles. The van der Waals surface area contributed by atoms with E-state index in [4.69, 9.17) is 15.0 Å². The Morgan fingerprint density at radius 2 is 1.86 bits per heavy atom. The van der Waals surface area contributed by atoms with E-state index in [9.17, 15) is 17.6 Å². The first-order valence-electron chi connectivity index (χ1n) is 13.8. The fourth-order valence-electron chi connectivity index (χ4n) is 4.79. The SMILES string of the molecule is CCCc1nc(CC)c(C(N)=O)n1Cc1ccc(-c2ccccc2C(OCCF)S(=O)(=O)Nc2onc(C)c2C)cc1. The summed E-state index contributed by atoms with van der Waals surface area (Å²) in [6, 6.07) is 14.4. The van der Waals surface area contributed by atoms with E-state index in [1.54, 1.807) is 38.1 Å². The zero-order valence-electron chi connectivity index (χ0n) is 24.2. The number of aryl methyl sites for hydroxylation is 3. The third-order valence-corrected chi connectivity index (χ3v) is 8.43. The molecule has 0 spiro atoms. The number of halogens is 1. The van der Waals surface area contributed by atoms with Gasteiger partial charge in [0.2, 0.25) is 11.3 Å². The van der Waals surface area contributed by atoms with Crippen molar-refractivity contribution in [3.8, 4) is 11.1 Å². The second-order valence-electron chi connectivity index (χ2n) is 9.92. The summed E-state index contributed by atoms with van der Waals surface area (Å²) in [5, 5.41) is 3.80. The lowest BCUT2D eigenvalue weighted by molar-refractivity contribution is 0.0934. The lowest BCUT2D eigenvalue weighted by Gasteiger charge is -2.21. The number of alkyl halides is 1. The van der Waals surface area contributed by atoms with Gasteiger partial charge in [0, 0.05) is 24.1 Å². The van der Waals surface area contributed by atoms with Gasteiger partial charge in [-0.3, -0.25) is 4.79 Å². The number of amides is 1. The van der Waals surface area contributed by atoms with Crippen molar-refractivity contribution in [1.29, 1.82) is 0 Å². The number of anilines is 1. The van der Waals surface area contributed by atoms with E-state index in [1.165, 1.54) is 0 Å². The minimum absolute atomic E-state index is 0.0216. The van der Waals surface area contributed by atoms with Crippen molar-refractivity contribution in [3.05, 3.63) is 88.1 Å². The van der Waals surface area contributed by atoms with Gasteiger partial charge >= 0.3 is 0 Å². The second-order valence-corrected chi connectivity index (χ2v) is 11.6. The molecule has 0 bridgehead atoms. The number of primary amides is 1. The zero-order chi connectivity index (χ0) is 30.4. The van der Waals surface area contributed by atoms with Crippen LogP contribution in [-0.2, 0) is 34.1 Å². The van der Waals surface area contributed by atoms with Crippen LogP contribution in [0.25, 0.3) is 11.1 Å². The number of hydrogen-bond acceptors (Lipinski definition) is 7. The van der Waals surface area contributed by atoms with Crippen molar-refractivity contribution >= 4 is 21.8 Å². The van der Waals surface area contributed by atoms with Gasteiger partial charge in [-0.1, -0.05) is 67.5 Å². The number of rotatable bonds is 14. The van der Waals surface area contributed by atoms with E-state index in [0.29, 0.717) is 53.2 Å². The third kappa shape index (κ3) is 6.55. The number of hydrogen-bond donors (Lipinski definition) is 2. The molecule has 10 nitrogen and oxygen atoms in total. The Morgan fingerprint density at radius 3 is 2.45 bits per heavy atom. The summed E-state index contributed by atoms with van der Waals surface area (Å²) in [6.07, 6.45) is 2.17. The molecule has 2 heterocycles. The van der Waals surface area contributed by atoms with Gasteiger partial charge in [-0.2, -0.15) is 0 Å². The van der Waals surface area contributed by atoms with Crippen LogP contribution in [0.3, 0.4) is 0 Å². The summed E-state index contributed by atoms with van der Waals surface area (Å²) in [5.74, 6) is 0.268.